The molecule has 6 heteroatoms. The Bertz CT molecular complexity index is 343. The van der Waals surface area contributed by atoms with E-state index in [0.717, 1.165) is 0 Å². The number of hydrogen-bond acceptors (Lipinski definition) is 2. The highest BCUT2D eigenvalue weighted by atomic mass is 19.2. The molecule has 0 aliphatic rings. The first-order chi connectivity index (χ1) is 6.99. The molecule has 0 unspecified atom stereocenters. The van der Waals surface area contributed by atoms with Crippen LogP contribution in [0.5, 0.6) is 0 Å². The molecule has 1 rings (SSSR count). The number of aliphatic hydroxyl groups is 1. The van der Waals surface area contributed by atoms with Crippen LogP contribution in [0.1, 0.15) is 18.0 Å². The van der Waals surface area contributed by atoms with E-state index in [1.54, 1.807) is 0 Å². The second-order valence-corrected chi connectivity index (χ2v) is 3.00. The average Bonchev–Trinajstić information content (AvgIpc) is 2.16. The third kappa shape index (κ3) is 2.27. The summed E-state index contributed by atoms with van der Waals surface area (Å²) in [5, 5.41) is 8.51. The molecule has 0 spiro atoms. The molecular weight excluding hydrogens is 214 g/mol. The third-order valence-corrected chi connectivity index (χ3v) is 1.96. The van der Waals surface area contributed by atoms with Gasteiger partial charge in [-0.15, -0.1) is 0 Å². The summed E-state index contributed by atoms with van der Waals surface area (Å²) in [5.41, 5.74) is 4.40. The Hall–Kier alpha value is -1.14. The summed E-state index contributed by atoms with van der Waals surface area (Å²) >= 11 is 0. The van der Waals surface area contributed by atoms with Crippen molar-refractivity contribution in [2.45, 2.75) is 12.5 Å². The highest BCUT2D eigenvalue weighted by Gasteiger charge is 2.23. The van der Waals surface area contributed by atoms with E-state index >= 15 is 0 Å². The van der Waals surface area contributed by atoms with Crippen LogP contribution >= 0.6 is 0 Å². The lowest BCUT2D eigenvalue weighted by Crippen LogP contribution is -2.17. The number of nitrogens with two attached hydrogens (primary N) is 1. The molecule has 0 aromatic heterocycles. The topological polar surface area (TPSA) is 46.2 Å². The van der Waals surface area contributed by atoms with E-state index in [4.69, 9.17) is 10.8 Å². The van der Waals surface area contributed by atoms with Crippen molar-refractivity contribution in [3.63, 3.8) is 0 Å². The Morgan fingerprint density at radius 2 is 1.60 bits per heavy atom. The lowest BCUT2D eigenvalue weighted by molar-refractivity contribution is 0.272. The number of rotatable bonds is 3. The fourth-order valence-electron chi connectivity index (χ4n) is 1.20. The number of halogens is 4. The average molecular weight is 223 g/mol. The van der Waals surface area contributed by atoms with Gasteiger partial charge in [0.15, 0.2) is 23.3 Å². The predicted octanol–water partition coefficient (Wildman–Crippen LogP) is 1.63. The summed E-state index contributed by atoms with van der Waals surface area (Å²) in [6.07, 6.45) is -0.184. The highest BCUT2D eigenvalue weighted by molar-refractivity contribution is 5.25. The Labute approximate surface area is 83.3 Å². The lowest BCUT2D eigenvalue weighted by atomic mass is 10.0. The summed E-state index contributed by atoms with van der Waals surface area (Å²) < 4.78 is 51.6. The molecule has 0 aliphatic heterocycles. The van der Waals surface area contributed by atoms with Crippen molar-refractivity contribution in [3.05, 3.63) is 34.9 Å². The minimum atomic E-state index is -1.52. The van der Waals surface area contributed by atoms with E-state index in [1.807, 2.05) is 0 Å². The van der Waals surface area contributed by atoms with Gasteiger partial charge in [-0.1, -0.05) is 0 Å². The van der Waals surface area contributed by atoms with Gasteiger partial charge in [0.25, 0.3) is 0 Å². The van der Waals surface area contributed by atoms with Gasteiger partial charge < -0.3 is 10.8 Å². The first-order valence-corrected chi connectivity index (χ1v) is 4.18. The minimum absolute atomic E-state index is 0.111. The van der Waals surface area contributed by atoms with E-state index in [2.05, 4.69) is 0 Å². The zero-order valence-electron chi connectivity index (χ0n) is 7.61. The quantitative estimate of drug-likeness (QED) is 0.604. The zero-order valence-corrected chi connectivity index (χ0v) is 7.61. The molecule has 3 N–H and O–H groups in total. The molecule has 1 aromatic carbocycles. The molecule has 1 aromatic rings. The Balaban J connectivity index is 3.26. The highest BCUT2D eigenvalue weighted by Crippen LogP contribution is 2.25. The maximum atomic E-state index is 13.1. The Morgan fingerprint density at radius 1 is 1.13 bits per heavy atom. The van der Waals surface area contributed by atoms with E-state index in [0.29, 0.717) is 0 Å². The molecule has 2 nitrogen and oxygen atoms in total. The molecule has 0 radical (unpaired) electrons. The summed E-state index contributed by atoms with van der Waals surface area (Å²) in [6, 6.07) is -1.17. The molecule has 15 heavy (non-hydrogen) atoms. The van der Waals surface area contributed by atoms with Crippen LogP contribution in [-0.2, 0) is 0 Å². The fourth-order valence-corrected chi connectivity index (χ4v) is 1.20. The Kier molecular flexibility index (Phi) is 3.65. The SMILES string of the molecule is N[C@H](CCO)c1c(F)c(F)cc(F)c1F. The van der Waals surface area contributed by atoms with E-state index in [-0.39, 0.29) is 12.5 Å². The lowest BCUT2D eigenvalue weighted by Gasteiger charge is -2.13. The van der Waals surface area contributed by atoms with Crippen molar-refractivity contribution in [2.75, 3.05) is 6.61 Å². The van der Waals surface area contributed by atoms with Crippen LogP contribution in [0.4, 0.5) is 17.6 Å². The molecule has 0 bridgehead atoms. The van der Waals surface area contributed by atoms with E-state index in [9.17, 15) is 17.6 Å². The zero-order chi connectivity index (χ0) is 11.6. The summed E-state index contributed by atoms with van der Waals surface area (Å²) in [7, 11) is 0. The summed E-state index contributed by atoms with van der Waals surface area (Å²) in [6.45, 7) is -0.432. The van der Waals surface area contributed by atoms with Gasteiger partial charge in [0.05, 0.1) is 0 Å². The van der Waals surface area contributed by atoms with Crippen molar-refractivity contribution in [1.29, 1.82) is 0 Å². The monoisotopic (exact) mass is 223 g/mol. The van der Waals surface area contributed by atoms with Crippen LogP contribution in [0.25, 0.3) is 0 Å². The van der Waals surface area contributed by atoms with Crippen molar-refractivity contribution in [1.82, 2.24) is 0 Å². The minimum Gasteiger partial charge on any atom is -0.396 e. The maximum absolute atomic E-state index is 13.1. The number of hydrogen-bond donors (Lipinski definition) is 2. The molecule has 0 aliphatic carbocycles. The van der Waals surface area contributed by atoms with Crippen LogP contribution in [0.15, 0.2) is 6.07 Å². The molecule has 1 atom stereocenters. The van der Waals surface area contributed by atoms with Gasteiger partial charge in [-0.3, -0.25) is 0 Å². The van der Waals surface area contributed by atoms with Gasteiger partial charge in [0, 0.05) is 24.3 Å². The van der Waals surface area contributed by atoms with Gasteiger partial charge in [-0.05, 0) is 6.42 Å². The first-order valence-electron chi connectivity index (χ1n) is 4.18. The molecule has 84 valence electrons. The largest absolute Gasteiger partial charge is 0.396 e. The van der Waals surface area contributed by atoms with Crippen LogP contribution < -0.4 is 5.73 Å². The molecule has 0 heterocycles. The maximum Gasteiger partial charge on any atom is 0.166 e. The van der Waals surface area contributed by atoms with Gasteiger partial charge >= 0.3 is 0 Å². The smallest absolute Gasteiger partial charge is 0.166 e. The van der Waals surface area contributed by atoms with Crippen molar-refractivity contribution in [3.8, 4) is 0 Å². The molecule has 0 fully saturated rings. The normalized spacial score (nSPS) is 12.9. The van der Waals surface area contributed by atoms with E-state index in [1.165, 1.54) is 0 Å². The van der Waals surface area contributed by atoms with Crippen molar-refractivity contribution >= 4 is 0 Å². The van der Waals surface area contributed by atoms with E-state index < -0.39 is 41.5 Å². The Morgan fingerprint density at radius 3 is 2.00 bits per heavy atom. The standard InChI is InChI=1S/C9H9F4NO/c10-4-3-5(11)9(13)7(8(4)12)6(14)1-2-15/h3,6,15H,1-2,14H2/t6-/m1/s1. The second kappa shape index (κ2) is 4.59. The summed E-state index contributed by atoms with van der Waals surface area (Å²) in [5.74, 6) is -6.04. The fraction of sp³-hybridized carbons (Fsp3) is 0.333. The van der Waals surface area contributed by atoms with Crippen LogP contribution in [0.3, 0.4) is 0 Å². The van der Waals surface area contributed by atoms with Gasteiger partial charge in [-0.2, -0.15) is 0 Å². The number of benzene rings is 1. The van der Waals surface area contributed by atoms with Gasteiger partial charge in [0.1, 0.15) is 0 Å². The van der Waals surface area contributed by atoms with Crippen LogP contribution in [-0.4, -0.2) is 11.7 Å². The molecular formula is C9H9F4NO. The van der Waals surface area contributed by atoms with Gasteiger partial charge in [0.2, 0.25) is 0 Å². The number of aliphatic hydroxyl groups excluding tert-OH is 1. The summed E-state index contributed by atoms with van der Waals surface area (Å²) in [4.78, 5) is 0. The third-order valence-electron chi connectivity index (χ3n) is 1.96. The molecule has 0 amide bonds. The van der Waals surface area contributed by atoms with Gasteiger partial charge in [-0.25, -0.2) is 17.6 Å². The van der Waals surface area contributed by atoms with Crippen molar-refractivity contribution in [2.24, 2.45) is 5.73 Å². The molecule has 0 saturated carbocycles. The second-order valence-electron chi connectivity index (χ2n) is 3.00. The van der Waals surface area contributed by atoms with Crippen LogP contribution in [0.2, 0.25) is 0 Å². The predicted molar refractivity (Wildman–Crippen MR) is 44.9 cm³/mol. The first kappa shape index (κ1) is 11.9. The van der Waals surface area contributed by atoms with Crippen LogP contribution in [0, 0.1) is 23.3 Å². The van der Waals surface area contributed by atoms with Crippen molar-refractivity contribution < 1.29 is 22.7 Å². The molecule has 0 saturated heterocycles.